The Bertz CT molecular complexity index is 461. The maximum atomic E-state index is 12.4. The summed E-state index contributed by atoms with van der Waals surface area (Å²) in [7, 11) is -3.56. The molecule has 1 N–H and O–H groups in total. The molecule has 2 rings (SSSR count). The van der Waals surface area contributed by atoms with Gasteiger partial charge in [0.1, 0.15) is 6.04 Å². The number of hydrogen-bond donors (Lipinski definition) is 1. The highest BCUT2D eigenvalue weighted by atomic mass is 32.2. The Balaban J connectivity index is 2.30. The van der Waals surface area contributed by atoms with Crippen LogP contribution >= 0.6 is 0 Å². The number of carboxylic acids is 1. The van der Waals surface area contributed by atoms with Crippen LogP contribution < -0.4 is 0 Å². The van der Waals surface area contributed by atoms with Crippen molar-refractivity contribution >= 4 is 16.0 Å². The third-order valence-electron chi connectivity index (χ3n) is 3.65. The number of rotatable bonds is 4. The van der Waals surface area contributed by atoms with Crippen molar-refractivity contribution in [3.05, 3.63) is 0 Å². The highest BCUT2D eigenvalue weighted by Crippen LogP contribution is 2.38. The molecule has 0 spiro atoms. The van der Waals surface area contributed by atoms with Gasteiger partial charge in [0.2, 0.25) is 10.0 Å². The van der Waals surface area contributed by atoms with Crippen LogP contribution in [-0.2, 0) is 19.6 Å². The van der Waals surface area contributed by atoms with E-state index in [1.807, 2.05) is 20.8 Å². The van der Waals surface area contributed by atoms with Crippen LogP contribution in [0.4, 0.5) is 0 Å². The average Bonchev–Trinajstić information content (AvgIpc) is 2.69. The minimum atomic E-state index is -3.56. The molecule has 0 bridgehead atoms. The molecule has 2 aliphatic rings. The van der Waals surface area contributed by atoms with Gasteiger partial charge >= 0.3 is 5.97 Å². The molecule has 0 radical (unpaired) electrons. The van der Waals surface area contributed by atoms with Gasteiger partial charge in [-0.25, -0.2) is 8.42 Å². The van der Waals surface area contributed by atoms with Crippen molar-refractivity contribution < 1.29 is 23.1 Å². The van der Waals surface area contributed by atoms with Gasteiger partial charge < -0.3 is 9.84 Å². The molecule has 2 aliphatic heterocycles. The van der Waals surface area contributed by atoms with E-state index in [1.165, 1.54) is 4.31 Å². The van der Waals surface area contributed by atoms with Gasteiger partial charge in [-0.05, 0) is 19.3 Å². The summed E-state index contributed by atoms with van der Waals surface area (Å²) in [5.74, 6) is -1.13. The second-order valence-corrected chi connectivity index (χ2v) is 7.80. The Morgan fingerprint density at radius 3 is 2.58 bits per heavy atom. The molecule has 0 amide bonds. The summed E-state index contributed by atoms with van der Waals surface area (Å²) in [6.07, 6.45) is 0.535. The molecule has 6 nitrogen and oxygen atoms in total. The number of sulfonamides is 1. The molecule has 0 unspecified atom stereocenters. The van der Waals surface area contributed by atoms with E-state index in [4.69, 9.17) is 4.74 Å². The fourth-order valence-corrected chi connectivity index (χ4v) is 5.30. The predicted molar refractivity (Wildman–Crippen MR) is 69.2 cm³/mol. The van der Waals surface area contributed by atoms with Crippen LogP contribution in [0.1, 0.15) is 33.6 Å². The van der Waals surface area contributed by atoms with Gasteiger partial charge in [-0.1, -0.05) is 13.8 Å². The van der Waals surface area contributed by atoms with Gasteiger partial charge in [0.15, 0.2) is 0 Å². The van der Waals surface area contributed by atoms with E-state index in [9.17, 15) is 18.3 Å². The molecule has 0 aromatic rings. The summed E-state index contributed by atoms with van der Waals surface area (Å²) in [4.78, 5) is 11.3. The van der Waals surface area contributed by atoms with E-state index in [-0.39, 0.29) is 36.3 Å². The van der Waals surface area contributed by atoms with Crippen molar-refractivity contribution in [1.82, 2.24) is 4.31 Å². The monoisotopic (exact) mass is 291 g/mol. The smallest absolute Gasteiger partial charge is 0.322 e. The van der Waals surface area contributed by atoms with Gasteiger partial charge in [-0.3, -0.25) is 4.79 Å². The lowest BCUT2D eigenvalue weighted by Gasteiger charge is -2.26. The van der Waals surface area contributed by atoms with Gasteiger partial charge in [-0.15, -0.1) is 0 Å². The third-order valence-corrected chi connectivity index (χ3v) is 5.91. The summed E-state index contributed by atoms with van der Waals surface area (Å²) in [5.41, 5.74) is 0. The minimum Gasteiger partial charge on any atom is -0.480 e. The van der Waals surface area contributed by atoms with Crippen LogP contribution in [0.15, 0.2) is 0 Å². The number of nitrogens with zero attached hydrogens (tertiary/aromatic N) is 1. The van der Waals surface area contributed by atoms with Crippen LogP contribution in [0.25, 0.3) is 0 Å². The third kappa shape index (κ3) is 2.78. The lowest BCUT2D eigenvalue weighted by atomic mass is 10.1. The normalized spacial score (nSPS) is 35.8. The molecule has 110 valence electrons. The highest BCUT2D eigenvalue weighted by molar-refractivity contribution is 7.89. The van der Waals surface area contributed by atoms with Crippen molar-refractivity contribution in [2.45, 2.75) is 57.9 Å². The highest BCUT2D eigenvalue weighted by Gasteiger charge is 2.54. The van der Waals surface area contributed by atoms with Crippen LogP contribution in [0.5, 0.6) is 0 Å². The number of ether oxygens (including phenoxy) is 1. The SMILES string of the molecule is CC(C)CS(=O)(=O)N1[C@H](C(=O)O)C[C@@H]2O[C@H](C)C[C@@H]21. The van der Waals surface area contributed by atoms with Crippen LogP contribution in [0.2, 0.25) is 0 Å². The summed E-state index contributed by atoms with van der Waals surface area (Å²) in [6, 6.07) is -1.30. The summed E-state index contributed by atoms with van der Waals surface area (Å²) in [6.45, 7) is 5.52. The van der Waals surface area contributed by atoms with Crippen LogP contribution in [0.3, 0.4) is 0 Å². The van der Waals surface area contributed by atoms with Gasteiger partial charge in [0.25, 0.3) is 0 Å². The number of carboxylic acid groups (broad SMARTS) is 1. The average molecular weight is 291 g/mol. The summed E-state index contributed by atoms with van der Waals surface area (Å²) < 4.78 is 31.7. The maximum absolute atomic E-state index is 12.4. The molecule has 0 saturated carbocycles. The quantitative estimate of drug-likeness (QED) is 0.823. The van der Waals surface area contributed by atoms with Crippen LogP contribution in [0, 0.1) is 5.92 Å². The Labute approximate surface area is 113 Å². The second kappa shape index (κ2) is 5.03. The van der Waals surface area contributed by atoms with E-state index in [0.717, 1.165) is 0 Å². The molecular formula is C12H21NO5S. The minimum absolute atomic E-state index is 0.0125. The topological polar surface area (TPSA) is 83.9 Å². The van der Waals surface area contributed by atoms with Crippen molar-refractivity contribution in [2.75, 3.05) is 5.75 Å². The van der Waals surface area contributed by atoms with Gasteiger partial charge in [0, 0.05) is 6.42 Å². The lowest BCUT2D eigenvalue weighted by molar-refractivity contribution is -0.141. The number of aliphatic carboxylic acids is 1. The van der Waals surface area contributed by atoms with E-state index in [2.05, 4.69) is 0 Å². The molecule has 2 saturated heterocycles. The first-order valence-corrected chi connectivity index (χ1v) is 8.22. The Kier molecular flexibility index (Phi) is 3.90. The van der Waals surface area contributed by atoms with Crippen molar-refractivity contribution in [3.8, 4) is 0 Å². The first-order chi connectivity index (χ1) is 8.72. The maximum Gasteiger partial charge on any atom is 0.322 e. The molecule has 4 atom stereocenters. The van der Waals surface area contributed by atoms with Crippen molar-refractivity contribution in [3.63, 3.8) is 0 Å². The van der Waals surface area contributed by atoms with Gasteiger partial charge in [-0.2, -0.15) is 4.31 Å². The molecule has 19 heavy (non-hydrogen) atoms. The molecule has 2 heterocycles. The van der Waals surface area contributed by atoms with E-state index in [1.54, 1.807) is 0 Å². The largest absolute Gasteiger partial charge is 0.480 e. The Hall–Kier alpha value is -0.660. The van der Waals surface area contributed by atoms with E-state index < -0.39 is 22.0 Å². The zero-order valence-electron chi connectivity index (χ0n) is 11.4. The Morgan fingerprint density at radius 2 is 2.05 bits per heavy atom. The molecule has 0 aromatic carbocycles. The van der Waals surface area contributed by atoms with E-state index >= 15 is 0 Å². The molecule has 0 aliphatic carbocycles. The lowest BCUT2D eigenvalue weighted by Crippen LogP contribution is -2.47. The zero-order chi connectivity index (χ0) is 14.4. The fourth-order valence-electron chi connectivity index (χ4n) is 3.09. The first-order valence-electron chi connectivity index (χ1n) is 6.62. The summed E-state index contributed by atoms with van der Waals surface area (Å²) in [5, 5.41) is 9.24. The summed E-state index contributed by atoms with van der Waals surface area (Å²) >= 11 is 0. The van der Waals surface area contributed by atoms with Crippen molar-refractivity contribution in [1.29, 1.82) is 0 Å². The van der Waals surface area contributed by atoms with Crippen LogP contribution in [-0.4, -0.2) is 53.8 Å². The number of carbonyl (C=O) groups is 1. The standard InChI is InChI=1S/C12H21NO5S/c1-7(2)6-19(16,17)13-9-4-8(3)18-11(9)5-10(13)12(14)15/h7-11H,4-6H2,1-3H3,(H,14,15)/t8-,9+,10+,11+/m1/s1. The number of fused-ring (bicyclic) bond motifs is 1. The number of hydrogen-bond acceptors (Lipinski definition) is 4. The molecule has 7 heteroatoms. The predicted octanol–water partition coefficient (Wildman–Crippen LogP) is 0.677. The second-order valence-electron chi connectivity index (χ2n) is 5.88. The zero-order valence-corrected chi connectivity index (χ0v) is 12.3. The van der Waals surface area contributed by atoms with Gasteiger partial charge in [0.05, 0.1) is 24.0 Å². The first kappa shape index (κ1) is 14.7. The fraction of sp³-hybridized carbons (Fsp3) is 0.917. The van der Waals surface area contributed by atoms with E-state index in [0.29, 0.717) is 6.42 Å². The molecular weight excluding hydrogens is 270 g/mol. The van der Waals surface area contributed by atoms with Crippen molar-refractivity contribution in [2.24, 2.45) is 5.92 Å². The molecule has 0 aromatic heterocycles. The Morgan fingerprint density at radius 1 is 1.42 bits per heavy atom. The molecule has 2 fully saturated rings.